The second-order valence-corrected chi connectivity index (χ2v) is 12.0. The van der Waals surface area contributed by atoms with Crippen LogP contribution >= 0.6 is 0 Å². The molecule has 232 valence electrons. The molecule has 6 rings (SSSR count). The summed E-state index contributed by atoms with van der Waals surface area (Å²) >= 11 is 0. The first kappa shape index (κ1) is 30.5. The number of imidazole rings is 1. The molecule has 1 N–H and O–H groups in total. The Hall–Kier alpha value is -4.49. The molecule has 0 bridgehead atoms. The van der Waals surface area contributed by atoms with Crippen molar-refractivity contribution in [3.8, 4) is 16.9 Å². The standard InChI is InChI=1S/C38H43N5O2/c1-5-35-41-36-26(3)21-27(4)40-37(36)43(35)25-28-13-16-30(17-14-28)33-22-29(24-42-19-9-10-20-42)15-18-31(33)23-39-38(44)32-11-7-8-12-34(32)45-6-2/h7-8,11-18,21-22H,5-6,9-10,19-20,23-25H2,1-4H3,(H,39,44). The molecule has 1 amide bonds. The summed E-state index contributed by atoms with van der Waals surface area (Å²) < 4.78 is 7.96. The molecule has 0 radical (unpaired) electrons. The van der Waals surface area contributed by atoms with Gasteiger partial charge < -0.3 is 14.6 Å². The van der Waals surface area contributed by atoms with Gasteiger partial charge in [-0.25, -0.2) is 9.97 Å². The predicted molar refractivity (Wildman–Crippen MR) is 181 cm³/mol. The molecule has 0 aliphatic carbocycles. The summed E-state index contributed by atoms with van der Waals surface area (Å²) in [5, 5.41) is 3.15. The highest BCUT2D eigenvalue weighted by Crippen LogP contribution is 2.28. The van der Waals surface area contributed by atoms with Crippen LogP contribution in [0, 0.1) is 13.8 Å². The van der Waals surface area contributed by atoms with Gasteiger partial charge in [0.05, 0.1) is 18.7 Å². The summed E-state index contributed by atoms with van der Waals surface area (Å²) in [5.74, 6) is 1.51. The Kier molecular flexibility index (Phi) is 9.26. The molecule has 1 saturated heterocycles. The van der Waals surface area contributed by atoms with E-state index in [0.29, 0.717) is 31.0 Å². The zero-order valence-corrected chi connectivity index (χ0v) is 26.9. The molecular formula is C38H43N5O2. The summed E-state index contributed by atoms with van der Waals surface area (Å²) in [6.45, 7) is 13.1. The first-order chi connectivity index (χ1) is 21.9. The van der Waals surface area contributed by atoms with Crippen LogP contribution in [0.1, 0.15) is 70.8 Å². The molecule has 1 aliphatic heterocycles. The van der Waals surface area contributed by atoms with Crippen LogP contribution in [0.3, 0.4) is 0 Å². The van der Waals surface area contributed by atoms with Crippen LogP contribution in [0.4, 0.5) is 0 Å². The lowest BCUT2D eigenvalue weighted by atomic mass is 9.96. The second kappa shape index (κ2) is 13.7. The Morgan fingerprint density at radius 1 is 0.889 bits per heavy atom. The van der Waals surface area contributed by atoms with Crippen molar-refractivity contribution in [2.75, 3.05) is 19.7 Å². The van der Waals surface area contributed by atoms with Crippen molar-refractivity contribution in [3.05, 3.63) is 112 Å². The normalized spacial score (nSPS) is 13.4. The zero-order valence-electron chi connectivity index (χ0n) is 26.9. The van der Waals surface area contributed by atoms with Crippen LogP contribution < -0.4 is 10.1 Å². The number of carbonyl (C=O) groups is 1. The van der Waals surface area contributed by atoms with Gasteiger partial charge in [0.15, 0.2) is 5.65 Å². The van der Waals surface area contributed by atoms with Crippen LogP contribution in [0.15, 0.2) is 72.8 Å². The van der Waals surface area contributed by atoms with Crippen molar-refractivity contribution < 1.29 is 9.53 Å². The van der Waals surface area contributed by atoms with E-state index < -0.39 is 0 Å². The number of likely N-dealkylation sites (tertiary alicyclic amines) is 1. The molecule has 1 aliphatic rings. The maximum atomic E-state index is 13.2. The van der Waals surface area contributed by atoms with Gasteiger partial charge >= 0.3 is 0 Å². The highest BCUT2D eigenvalue weighted by Gasteiger charge is 2.17. The number of aromatic nitrogens is 3. The third-order valence-corrected chi connectivity index (χ3v) is 8.67. The maximum Gasteiger partial charge on any atom is 0.255 e. The number of pyridine rings is 1. The molecule has 0 saturated carbocycles. The van der Waals surface area contributed by atoms with E-state index in [0.717, 1.165) is 71.0 Å². The highest BCUT2D eigenvalue weighted by molar-refractivity contribution is 5.97. The molecule has 1 fully saturated rings. The molecule has 5 aromatic rings. The Balaban J connectivity index is 1.28. The summed E-state index contributed by atoms with van der Waals surface area (Å²) in [7, 11) is 0. The molecule has 7 heteroatoms. The number of para-hydroxylation sites is 1. The maximum absolute atomic E-state index is 13.2. The van der Waals surface area contributed by atoms with Crippen molar-refractivity contribution in [3.63, 3.8) is 0 Å². The Labute approximate surface area is 266 Å². The third kappa shape index (κ3) is 6.79. The fourth-order valence-corrected chi connectivity index (χ4v) is 6.41. The number of benzene rings is 3. The van der Waals surface area contributed by atoms with Crippen molar-refractivity contribution >= 4 is 17.1 Å². The Bertz CT molecular complexity index is 1800. The van der Waals surface area contributed by atoms with Crippen LogP contribution in [0.5, 0.6) is 5.75 Å². The van der Waals surface area contributed by atoms with Gasteiger partial charge in [-0.2, -0.15) is 0 Å². The fraction of sp³-hybridized carbons (Fsp3) is 0.342. The Morgan fingerprint density at radius 3 is 2.40 bits per heavy atom. The van der Waals surface area contributed by atoms with Crippen LogP contribution in [0.2, 0.25) is 0 Å². The lowest BCUT2D eigenvalue weighted by molar-refractivity contribution is 0.0947. The monoisotopic (exact) mass is 601 g/mol. The highest BCUT2D eigenvalue weighted by atomic mass is 16.5. The number of nitrogens with zero attached hydrogens (tertiary/aromatic N) is 4. The van der Waals surface area contributed by atoms with Gasteiger partial charge in [-0.05, 0) is 104 Å². The molecule has 0 atom stereocenters. The van der Waals surface area contributed by atoms with Crippen molar-refractivity contribution in [1.82, 2.24) is 24.8 Å². The van der Waals surface area contributed by atoms with E-state index >= 15 is 0 Å². The topological polar surface area (TPSA) is 72.3 Å². The summed E-state index contributed by atoms with van der Waals surface area (Å²) in [6.07, 6.45) is 3.38. The molecule has 7 nitrogen and oxygen atoms in total. The van der Waals surface area contributed by atoms with E-state index in [4.69, 9.17) is 14.7 Å². The first-order valence-electron chi connectivity index (χ1n) is 16.2. The van der Waals surface area contributed by atoms with Gasteiger partial charge in [0.1, 0.15) is 17.1 Å². The van der Waals surface area contributed by atoms with E-state index in [-0.39, 0.29) is 5.91 Å². The van der Waals surface area contributed by atoms with E-state index in [2.05, 4.69) is 77.2 Å². The van der Waals surface area contributed by atoms with Gasteiger partial charge in [0.25, 0.3) is 5.91 Å². The number of ether oxygens (including phenoxy) is 1. The molecule has 45 heavy (non-hydrogen) atoms. The van der Waals surface area contributed by atoms with Gasteiger partial charge in [0.2, 0.25) is 0 Å². The lowest BCUT2D eigenvalue weighted by Gasteiger charge is -2.18. The van der Waals surface area contributed by atoms with Gasteiger partial charge in [-0.1, -0.05) is 55.5 Å². The lowest BCUT2D eigenvalue weighted by Crippen LogP contribution is -2.24. The second-order valence-electron chi connectivity index (χ2n) is 12.0. The number of rotatable bonds is 11. The smallest absolute Gasteiger partial charge is 0.255 e. The molecule has 3 heterocycles. The van der Waals surface area contributed by atoms with E-state index in [1.807, 2.05) is 38.1 Å². The van der Waals surface area contributed by atoms with Crippen LogP contribution in [-0.2, 0) is 26.1 Å². The number of amides is 1. The zero-order chi connectivity index (χ0) is 31.3. The average molecular weight is 602 g/mol. The summed E-state index contributed by atoms with van der Waals surface area (Å²) in [4.78, 5) is 25.5. The molecule has 0 unspecified atom stereocenters. The number of aryl methyl sites for hydroxylation is 3. The molecular weight excluding hydrogens is 558 g/mol. The quantitative estimate of drug-likeness (QED) is 0.173. The predicted octanol–water partition coefficient (Wildman–Crippen LogP) is 7.25. The number of fused-ring (bicyclic) bond motifs is 1. The first-order valence-corrected chi connectivity index (χ1v) is 16.2. The van der Waals surface area contributed by atoms with Gasteiger partial charge in [-0.15, -0.1) is 0 Å². The van der Waals surface area contributed by atoms with E-state index in [1.165, 1.54) is 24.0 Å². The number of hydrogen-bond acceptors (Lipinski definition) is 5. The van der Waals surface area contributed by atoms with Gasteiger partial charge in [0, 0.05) is 25.2 Å². The molecule has 0 spiro atoms. The van der Waals surface area contributed by atoms with Crippen molar-refractivity contribution in [2.24, 2.45) is 0 Å². The largest absolute Gasteiger partial charge is 0.493 e. The van der Waals surface area contributed by atoms with Crippen LogP contribution in [0.25, 0.3) is 22.3 Å². The van der Waals surface area contributed by atoms with Crippen molar-refractivity contribution in [2.45, 2.75) is 66.6 Å². The third-order valence-electron chi connectivity index (χ3n) is 8.67. The van der Waals surface area contributed by atoms with Gasteiger partial charge in [-0.3, -0.25) is 9.69 Å². The fourth-order valence-electron chi connectivity index (χ4n) is 6.41. The van der Waals surface area contributed by atoms with E-state index in [9.17, 15) is 4.79 Å². The van der Waals surface area contributed by atoms with Crippen molar-refractivity contribution in [1.29, 1.82) is 0 Å². The summed E-state index contributed by atoms with van der Waals surface area (Å²) in [5.41, 5.74) is 10.5. The summed E-state index contributed by atoms with van der Waals surface area (Å²) in [6, 6.07) is 25.0. The minimum absolute atomic E-state index is 0.139. The number of nitrogens with one attached hydrogen (secondary N) is 1. The molecule has 3 aromatic carbocycles. The van der Waals surface area contributed by atoms with Crippen LogP contribution in [-0.4, -0.2) is 45.0 Å². The SMILES string of the molecule is CCOc1ccccc1C(=O)NCc1ccc(CN2CCCC2)cc1-c1ccc(Cn2c(CC)nc3c(C)cc(C)nc32)cc1. The Morgan fingerprint density at radius 2 is 1.64 bits per heavy atom. The van der Waals surface area contributed by atoms with E-state index in [1.54, 1.807) is 0 Å². The average Bonchev–Trinajstić information content (AvgIpc) is 3.69. The molecule has 2 aromatic heterocycles. The minimum Gasteiger partial charge on any atom is -0.493 e. The number of carbonyl (C=O) groups excluding carboxylic acids is 1. The minimum atomic E-state index is -0.139. The number of hydrogen-bond donors (Lipinski definition) is 1.